The van der Waals surface area contributed by atoms with E-state index in [1.807, 2.05) is 6.92 Å². The largest absolute Gasteiger partial charge is 0.311 e. The van der Waals surface area contributed by atoms with Crippen molar-refractivity contribution in [1.29, 1.82) is 0 Å². The van der Waals surface area contributed by atoms with Crippen molar-refractivity contribution in [2.75, 3.05) is 18.4 Å². The van der Waals surface area contributed by atoms with E-state index in [0.29, 0.717) is 24.0 Å². The topological polar surface area (TPSA) is 61.0 Å². The number of nitrogens with zero attached hydrogens (tertiary/aromatic N) is 2. The Kier molecular flexibility index (Phi) is 5.48. The monoisotopic (exact) mass is 344 g/mol. The van der Waals surface area contributed by atoms with Crippen molar-refractivity contribution in [3.05, 3.63) is 35.6 Å². The van der Waals surface area contributed by atoms with Crippen molar-refractivity contribution in [2.45, 2.75) is 45.6 Å². The molecule has 1 atom stereocenters. The molecule has 1 unspecified atom stereocenters. The molecule has 1 fully saturated rings. The summed E-state index contributed by atoms with van der Waals surface area (Å²) in [6.07, 6.45) is 3.86. The normalized spacial score (nSPS) is 17.8. The Morgan fingerprint density at radius 1 is 1.44 bits per heavy atom. The Morgan fingerprint density at radius 2 is 2.28 bits per heavy atom. The van der Waals surface area contributed by atoms with E-state index >= 15 is 0 Å². The molecule has 0 radical (unpaired) electrons. The zero-order valence-corrected chi connectivity index (χ0v) is 14.8. The maximum Gasteiger partial charge on any atom is 0.225 e. The summed E-state index contributed by atoms with van der Waals surface area (Å²) in [4.78, 5) is 14.5. The van der Waals surface area contributed by atoms with Gasteiger partial charge in [-0.25, -0.2) is 4.39 Å². The molecule has 5 nitrogen and oxygen atoms in total. The molecule has 2 aromatic rings. The smallest absolute Gasteiger partial charge is 0.225 e. The molecule has 2 heterocycles. The lowest BCUT2D eigenvalue weighted by molar-refractivity contribution is -0.116. The number of hydrogen-bond acceptors (Lipinski definition) is 3. The van der Waals surface area contributed by atoms with Crippen LogP contribution < -0.4 is 5.32 Å². The summed E-state index contributed by atoms with van der Waals surface area (Å²) in [6, 6.07) is 7.00. The number of nitrogens with one attached hydrogen (secondary N) is 2. The molecule has 6 heteroatoms. The highest BCUT2D eigenvalue weighted by molar-refractivity contribution is 5.90. The molecule has 1 aromatic heterocycles. The van der Waals surface area contributed by atoms with Crippen molar-refractivity contribution < 1.29 is 9.18 Å². The third-order valence-electron chi connectivity index (χ3n) is 4.86. The van der Waals surface area contributed by atoms with Crippen molar-refractivity contribution in [3.8, 4) is 11.3 Å². The van der Waals surface area contributed by atoms with Crippen LogP contribution in [0.25, 0.3) is 11.3 Å². The highest BCUT2D eigenvalue weighted by Gasteiger charge is 2.19. The van der Waals surface area contributed by atoms with Gasteiger partial charge in [0.05, 0.1) is 5.69 Å². The average molecular weight is 344 g/mol. The standard InChI is InChI=1S/C19H25FN4O/c1-13-11-15(20)7-8-16(13)17-12-18(23-22-17)21-19(25)6-4-10-24-9-3-5-14(24)2/h7-8,11-12,14H,3-6,9-10H2,1-2H3,(H2,21,22,23,25). The van der Waals surface area contributed by atoms with Crippen LogP contribution in [0, 0.1) is 12.7 Å². The molecule has 134 valence electrons. The fourth-order valence-electron chi connectivity index (χ4n) is 3.42. The zero-order chi connectivity index (χ0) is 17.8. The lowest BCUT2D eigenvalue weighted by Crippen LogP contribution is -2.28. The lowest BCUT2D eigenvalue weighted by atomic mass is 10.1. The van der Waals surface area contributed by atoms with E-state index < -0.39 is 0 Å². The van der Waals surface area contributed by atoms with Gasteiger partial charge in [-0.3, -0.25) is 9.89 Å². The van der Waals surface area contributed by atoms with Crippen molar-refractivity contribution in [2.24, 2.45) is 0 Å². The second-order valence-electron chi connectivity index (χ2n) is 6.81. The van der Waals surface area contributed by atoms with E-state index in [4.69, 9.17) is 0 Å². The first-order valence-corrected chi connectivity index (χ1v) is 8.89. The molecule has 1 aliphatic rings. The van der Waals surface area contributed by atoms with Crippen LogP contribution in [0.15, 0.2) is 24.3 Å². The molecule has 2 N–H and O–H groups in total. The molecule has 1 aliphatic heterocycles. The number of benzene rings is 1. The van der Waals surface area contributed by atoms with Crippen molar-refractivity contribution >= 4 is 11.7 Å². The molecule has 3 rings (SSSR count). The number of likely N-dealkylation sites (tertiary alicyclic amines) is 1. The first-order chi connectivity index (χ1) is 12.0. The molecule has 0 bridgehead atoms. The Labute approximate surface area is 147 Å². The summed E-state index contributed by atoms with van der Waals surface area (Å²) in [5.41, 5.74) is 2.35. The third kappa shape index (κ3) is 4.45. The van der Waals surface area contributed by atoms with Crippen LogP contribution in [0.4, 0.5) is 10.2 Å². The Morgan fingerprint density at radius 3 is 3.00 bits per heavy atom. The molecule has 0 aliphatic carbocycles. The summed E-state index contributed by atoms with van der Waals surface area (Å²) in [7, 11) is 0. The number of hydrogen-bond donors (Lipinski definition) is 2. The highest BCUT2D eigenvalue weighted by atomic mass is 19.1. The number of rotatable bonds is 6. The number of anilines is 1. The van der Waals surface area contributed by atoms with Gasteiger partial charge >= 0.3 is 0 Å². The van der Waals surface area contributed by atoms with Gasteiger partial charge in [-0.1, -0.05) is 0 Å². The SMILES string of the molecule is Cc1cc(F)ccc1-c1cc(NC(=O)CCCN2CCCC2C)[nH]n1. The van der Waals surface area contributed by atoms with Gasteiger partial charge in [0.25, 0.3) is 0 Å². The minimum atomic E-state index is -0.266. The van der Waals surface area contributed by atoms with Crippen molar-refractivity contribution in [3.63, 3.8) is 0 Å². The molecule has 1 saturated heterocycles. The molecule has 1 amide bonds. The second kappa shape index (κ2) is 7.78. The van der Waals surface area contributed by atoms with Crippen LogP contribution in [0.5, 0.6) is 0 Å². The van der Waals surface area contributed by atoms with Crippen LogP contribution >= 0.6 is 0 Å². The number of aromatic amines is 1. The molecule has 0 spiro atoms. The maximum atomic E-state index is 13.2. The van der Waals surface area contributed by atoms with Gasteiger partial charge in [0.15, 0.2) is 0 Å². The van der Waals surface area contributed by atoms with Crippen LogP contribution in [0.1, 0.15) is 38.2 Å². The first-order valence-electron chi connectivity index (χ1n) is 8.89. The summed E-state index contributed by atoms with van der Waals surface area (Å²) in [5, 5.41) is 9.89. The average Bonchev–Trinajstić information content (AvgIpc) is 3.17. The predicted molar refractivity (Wildman–Crippen MR) is 96.9 cm³/mol. The third-order valence-corrected chi connectivity index (χ3v) is 4.86. The second-order valence-corrected chi connectivity index (χ2v) is 6.81. The van der Waals surface area contributed by atoms with Crippen LogP contribution in [0.3, 0.4) is 0 Å². The van der Waals surface area contributed by atoms with Gasteiger partial charge in [0.1, 0.15) is 11.6 Å². The number of H-pyrrole nitrogens is 1. The summed E-state index contributed by atoms with van der Waals surface area (Å²) in [5.74, 6) is 0.286. The van der Waals surface area contributed by atoms with E-state index in [0.717, 1.165) is 30.6 Å². The molecule has 1 aromatic carbocycles. The number of halogens is 1. The predicted octanol–water partition coefficient (Wildman–Crippen LogP) is 3.73. The number of aromatic nitrogens is 2. The summed E-state index contributed by atoms with van der Waals surface area (Å²) < 4.78 is 13.2. The van der Waals surface area contributed by atoms with E-state index in [9.17, 15) is 9.18 Å². The number of aryl methyl sites for hydroxylation is 1. The molecular weight excluding hydrogens is 319 g/mol. The van der Waals surface area contributed by atoms with Crippen molar-refractivity contribution in [1.82, 2.24) is 15.1 Å². The quantitative estimate of drug-likeness (QED) is 0.839. The number of amides is 1. The minimum absolute atomic E-state index is 0.0159. The van der Waals surface area contributed by atoms with Crippen LogP contribution in [-0.2, 0) is 4.79 Å². The summed E-state index contributed by atoms with van der Waals surface area (Å²) in [6.45, 7) is 6.20. The van der Waals surface area contributed by atoms with Crippen LogP contribution in [-0.4, -0.2) is 40.1 Å². The lowest BCUT2D eigenvalue weighted by Gasteiger charge is -2.20. The van der Waals surface area contributed by atoms with E-state index in [2.05, 4.69) is 27.3 Å². The molecule has 25 heavy (non-hydrogen) atoms. The van der Waals surface area contributed by atoms with Gasteiger partial charge in [0, 0.05) is 24.1 Å². The molecule has 0 saturated carbocycles. The van der Waals surface area contributed by atoms with Gasteiger partial charge in [-0.05, 0) is 70.0 Å². The first kappa shape index (κ1) is 17.6. The molecular formula is C19H25FN4O. The minimum Gasteiger partial charge on any atom is -0.311 e. The Hall–Kier alpha value is -2.21. The summed E-state index contributed by atoms with van der Waals surface area (Å²) >= 11 is 0. The van der Waals surface area contributed by atoms with E-state index in [1.54, 1.807) is 12.1 Å². The van der Waals surface area contributed by atoms with Crippen LogP contribution in [0.2, 0.25) is 0 Å². The maximum absolute atomic E-state index is 13.2. The Bertz CT molecular complexity index is 743. The van der Waals surface area contributed by atoms with Gasteiger partial charge in [0.2, 0.25) is 5.91 Å². The highest BCUT2D eigenvalue weighted by Crippen LogP contribution is 2.24. The van der Waals surface area contributed by atoms with E-state index in [-0.39, 0.29) is 11.7 Å². The number of carbonyl (C=O) groups excluding carboxylic acids is 1. The number of carbonyl (C=O) groups is 1. The van der Waals surface area contributed by atoms with Gasteiger partial charge < -0.3 is 10.2 Å². The zero-order valence-electron chi connectivity index (χ0n) is 14.8. The Balaban J connectivity index is 1.51. The fourth-order valence-corrected chi connectivity index (χ4v) is 3.42. The van der Waals surface area contributed by atoms with E-state index in [1.165, 1.54) is 25.0 Å². The van der Waals surface area contributed by atoms with Gasteiger partial charge in [-0.15, -0.1) is 0 Å². The van der Waals surface area contributed by atoms with Gasteiger partial charge in [-0.2, -0.15) is 5.10 Å². The fraction of sp³-hybridized carbons (Fsp3) is 0.474.